The maximum atomic E-state index is 14.1. The summed E-state index contributed by atoms with van der Waals surface area (Å²) in [6.45, 7) is 0.941. The van der Waals surface area contributed by atoms with Crippen molar-refractivity contribution >= 4 is 40.6 Å². The molecule has 3 aromatic rings. The van der Waals surface area contributed by atoms with Crippen LogP contribution in [0.4, 0.5) is 11.4 Å². The highest BCUT2D eigenvalue weighted by Crippen LogP contribution is 2.34. The molecular weight excluding hydrogens is 510 g/mol. The molecule has 200 valence electrons. The molecule has 1 aromatic heterocycles. The van der Waals surface area contributed by atoms with Crippen molar-refractivity contribution in [3.8, 4) is 11.5 Å². The number of nitrogens with one attached hydrogen (secondary N) is 1. The van der Waals surface area contributed by atoms with Crippen molar-refractivity contribution in [2.24, 2.45) is 5.73 Å². The maximum absolute atomic E-state index is 14.1. The fourth-order valence-corrected chi connectivity index (χ4v) is 4.93. The first-order valence-electron chi connectivity index (χ1n) is 11.9. The number of amides is 3. The Kier molecular flexibility index (Phi) is 8.44. The van der Waals surface area contributed by atoms with Crippen LogP contribution in [-0.4, -0.2) is 55.6 Å². The van der Waals surface area contributed by atoms with E-state index in [1.54, 1.807) is 48.5 Å². The van der Waals surface area contributed by atoms with Crippen molar-refractivity contribution in [2.45, 2.75) is 25.0 Å². The third kappa shape index (κ3) is 5.71. The van der Waals surface area contributed by atoms with E-state index >= 15 is 0 Å². The molecular formula is C26H29N5O6S. The SMILES string of the molecule is COc1ccc([C@H](C(=O)NC[C@@H]2CCCO2)N(C(=O)c2snc(C(N)=O)c2N)c2ccc(OC)cc2)cc1. The van der Waals surface area contributed by atoms with Crippen LogP contribution in [0.5, 0.6) is 11.5 Å². The monoisotopic (exact) mass is 539 g/mol. The Morgan fingerprint density at radius 2 is 1.74 bits per heavy atom. The second-order valence-electron chi connectivity index (χ2n) is 8.57. The second-order valence-corrected chi connectivity index (χ2v) is 9.34. The first kappa shape index (κ1) is 26.9. The number of hydrogen-bond acceptors (Lipinski definition) is 9. The lowest BCUT2D eigenvalue weighted by Gasteiger charge is -2.31. The molecule has 0 spiro atoms. The topological polar surface area (TPSA) is 159 Å². The van der Waals surface area contributed by atoms with Crippen LogP contribution in [0.1, 0.15) is 44.6 Å². The first-order valence-corrected chi connectivity index (χ1v) is 12.7. The molecule has 1 aliphatic heterocycles. The average Bonchev–Trinajstić information content (AvgIpc) is 3.60. The molecule has 2 heterocycles. The van der Waals surface area contributed by atoms with Gasteiger partial charge in [0.2, 0.25) is 5.91 Å². The second kappa shape index (κ2) is 11.9. The molecule has 3 amide bonds. The molecule has 11 nitrogen and oxygen atoms in total. The van der Waals surface area contributed by atoms with E-state index in [1.807, 2.05) is 0 Å². The van der Waals surface area contributed by atoms with Gasteiger partial charge in [0.25, 0.3) is 11.8 Å². The lowest BCUT2D eigenvalue weighted by atomic mass is 10.0. The molecule has 2 atom stereocenters. The van der Waals surface area contributed by atoms with Gasteiger partial charge in [-0.3, -0.25) is 19.3 Å². The van der Waals surface area contributed by atoms with Gasteiger partial charge in [-0.15, -0.1) is 0 Å². The fraction of sp³-hybridized carbons (Fsp3) is 0.308. The van der Waals surface area contributed by atoms with Crippen LogP contribution in [0.3, 0.4) is 0 Å². The van der Waals surface area contributed by atoms with Crippen molar-refractivity contribution in [1.29, 1.82) is 0 Å². The van der Waals surface area contributed by atoms with Crippen molar-refractivity contribution < 1.29 is 28.6 Å². The minimum absolute atomic E-state index is 0.0138. The number of methoxy groups -OCH3 is 2. The van der Waals surface area contributed by atoms with E-state index < -0.39 is 23.8 Å². The van der Waals surface area contributed by atoms with Gasteiger partial charge >= 0.3 is 0 Å². The number of carbonyl (C=O) groups is 3. The third-order valence-electron chi connectivity index (χ3n) is 6.19. The van der Waals surface area contributed by atoms with Gasteiger partial charge < -0.3 is 31.0 Å². The molecule has 2 aromatic carbocycles. The molecule has 1 fully saturated rings. The summed E-state index contributed by atoms with van der Waals surface area (Å²) in [5.74, 6) is -0.737. The smallest absolute Gasteiger partial charge is 0.273 e. The van der Waals surface area contributed by atoms with E-state index in [9.17, 15) is 14.4 Å². The summed E-state index contributed by atoms with van der Waals surface area (Å²) in [6.07, 6.45) is 1.66. The molecule has 4 rings (SSSR count). The van der Waals surface area contributed by atoms with Gasteiger partial charge in [-0.2, -0.15) is 4.37 Å². The number of primary amides is 1. The van der Waals surface area contributed by atoms with Crippen molar-refractivity contribution in [3.05, 3.63) is 64.7 Å². The van der Waals surface area contributed by atoms with E-state index in [0.717, 1.165) is 24.4 Å². The molecule has 1 aliphatic rings. The summed E-state index contributed by atoms with van der Waals surface area (Å²) in [6, 6.07) is 12.4. The summed E-state index contributed by atoms with van der Waals surface area (Å²) < 4.78 is 20.2. The average molecular weight is 540 g/mol. The molecule has 38 heavy (non-hydrogen) atoms. The number of nitrogen functional groups attached to an aromatic ring is 1. The maximum Gasteiger partial charge on any atom is 0.273 e. The van der Waals surface area contributed by atoms with Crippen LogP contribution in [0.15, 0.2) is 48.5 Å². The number of rotatable bonds is 10. The van der Waals surface area contributed by atoms with Crippen LogP contribution in [0.2, 0.25) is 0 Å². The molecule has 0 bridgehead atoms. The van der Waals surface area contributed by atoms with Crippen LogP contribution < -0.4 is 31.2 Å². The Hall–Kier alpha value is -4.16. The predicted octanol–water partition coefficient (Wildman–Crippen LogP) is 2.52. The minimum Gasteiger partial charge on any atom is -0.497 e. The zero-order chi connectivity index (χ0) is 27.2. The number of nitrogens with zero attached hydrogens (tertiary/aromatic N) is 2. The molecule has 0 aliphatic carbocycles. The molecule has 0 radical (unpaired) electrons. The Labute approximate surface area is 223 Å². The minimum atomic E-state index is -1.11. The summed E-state index contributed by atoms with van der Waals surface area (Å²) in [5.41, 5.74) is 12.1. The first-order chi connectivity index (χ1) is 18.3. The molecule has 0 saturated carbocycles. The Bertz CT molecular complexity index is 1290. The van der Waals surface area contributed by atoms with Crippen molar-refractivity contribution in [1.82, 2.24) is 9.69 Å². The highest BCUT2D eigenvalue weighted by molar-refractivity contribution is 7.09. The van der Waals surface area contributed by atoms with Gasteiger partial charge in [0.05, 0.1) is 26.0 Å². The summed E-state index contributed by atoms with van der Waals surface area (Å²) >= 11 is 0.744. The van der Waals surface area contributed by atoms with E-state index in [2.05, 4.69) is 9.69 Å². The van der Waals surface area contributed by atoms with Crippen molar-refractivity contribution in [3.63, 3.8) is 0 Å². The number of aromatic nitrogens is 1. The summed E-state index contributed by atoms with van der Waals surface area (Å²) in [7, 11) is 3.07. The lowest BCUT2D eigenvalue weighted by molar-refractivity contribution is -0.123. The van der Waals surface area contributed by atoms with Gasteiger partial charge in [-0.25, -0.2) is 0 Å². The number of benzene rings is 2. The van der Waals surface area contributed by atoms with Crippen LogP contribution in [-0.2, 0) is 9.53 Å². The summed E-state index contributed by atoms with van der Waals surface area (Å²) in [5, 5.41) is 2.94. The van der Waals surface area contributed by atoms with Gasteiger partial charge in [0.1, 0.15) is 22.4 Å². The number of carbonyl (C=O) groups excluding carboxylic acids is 3. The zero-order valence-corrected chi connectivity index (χ0v) is 21.8. The standard InChI is InChI=1S/C26H29N5O6S/c1-35-17-9-5-15(6-10-17)22(25(33)29-14-19-4-3-13-37-19)31(16-7-11-18(36-2)12-8-16)26(34)23-20(27)21(24(28)32)30-38-23/h5-12,19,22H,3-4,13-14,27H2,1-2H3,(H2,28,32)(H,29,33)/t19-,22+/m0/s1. The Morgan fingerprint density at radius 1 is 1.11 bits per heavy atom. The zero-order valence-electron chi connectivity index (χ0n) is 21.0. The highest BCUT2D eigenvalue weighted by atomic mass is 32.1. The van der Waals surface area contributed by atoms with E-state index in [0.29, 0.717) is 35.9 Å². The molecule has 1 saturated heterocycles. The van der Waals surface area contributed by atoms with Gasteiger partial charge in [0.15, 0.2) is 5.69 Å². The van der Waals surface area contributed by atoms with Gasteiger partial charge in [-0.1, -0.05) is 12.1 Å². The Morgan fingerprint density at radius 3 is 2.26 bits per heavy atom. The third-order valence-corrected chi connectivity index (χ3v) is 7.04. The van der Waals surface area contributed by atoms with Gasteiger partial charge in [0, 0.05) is 18.8 Å². The number of nitrogens with two attached hydrogens (primary N) is 2. The summed E-state index contributed by atoms with van der Waals surface area (Å²) in [4.78, 5) is 40.9. The van der Waals surface area contributed by atoms with Crippen molar-refractivity contribution in [2.75, 3.05) is 38.0 Å². The normalized spacial score (nSPS) is 15.5. The largest absolute Gasteiger partial charge is 0.497 e. The number of ether oxygens (including phenoxy) is 3. The molecule has 5 N–H and O–H groups in total. The number of hydrogen-bond donors (Lipinski definition) is 3. The number of anilines is 2. The fourth-order valence-electron chi connectivity index (χ4n) is 4.19. The lowest BCUT2D eigenvalue weighted by Crippen LogP contribution is -2.45. The van der Waals surface area contributed by atoms with E-state index in [1.165, 1.54) is 19.1 Å². The van der Waals surface area contributed by atoms with Gasteiger partial charge in [-0.05, 0) is 66.3 Å². The molecule has 12 heteroatoms. The Balaban J connectivity index is 1.80. The van der Waals surface area contributed by atoms with Crippen LogP contribution >= 0.6 is 11.5 Å². The quantitative estimate of drug-likeness (QED) is 0.354. The highest BCUT2D eigenvalue weighted by Gasteiger charge is 2.36. The predicted molar refractivity (Wildman–Crippen MR) is 143 cm³/mol. The van der Waals surface area contributed by atoms with Crippen LogP contribution in [0, 0.1) is 0 Å². The van der Waals surface area contributed by atoms with Crippen LogP contribution in [0.25, 0.3) is 0 Å². The molecule has 0 unspecified atom stereocenters. The van der Waals surface area contributed by atoms with E-state index in [-0.39, 0.29) is 22.4 Å². The van der Waals surface area contributed by atoms with E-state index in [4.69, 9.17) is 25.7 Å².